The maximum Gasteiger partial charge on any atom is 0.247 e. The highest BCUT2D eigenvalue weighted by Crippen LogP contribution is 2.38. The molecule has 0 aromatic heterocycles. The SMILES string of the molecule is O=C1CCNC(=O)CNC(=O)C2(CCCC2C(=O)N2CCCC2)NC(=O)C2CCCN2C(=O)CNC(=O)CNC(=O)CNC(=O)CNC(=O)CNC(=O)CNC(=O)CN1. The first-order chi connectivity index (χ1) is 28.2. The minimum absolute atomic E-state index is 0.0809. The van der Waals surface area contributed by atoms with E-state index in [-0.39, 0.29) is 44.7 Å². The van der Waals surface area contributed by atoms with Gasteiger partial charge in [-0.1, -0.05) is 0 Å². The Morgan fingerprint density at radius 3 is 1.47 bits per heavy atom. The summed E-state index contributed by atoms with van der Waals surface area (Å²) in [7, 11) is 0. The quantitative estimate of drug-likeness (QED) is 0.118. The van der Waals surface area contributed by atoms with Crippen molar-refractivity contribution >= 4 is 70.9 Å². The topological polar surface area (TPSA) is 332 Å². The first-order valence-corrected chi connectivity index (χ1v) is 19.5. The Morgan fingerprint density at radius 2 is 0.949 bits per heavy atom. The molecular formula is C35H52N12O12. The van der Waals surface area contributed by atoms with Crippen LogP contribution >= 0.6 is 0 Å². The van der Waals surface area contributed by atoms with Crippen molar-refractivity contribution < 1.29 is 57.5 Å². The summed E-state index contributed by atoms with van der Waals surface area (Å²) < 4.78 is 0. The van der Waals surface area contributed by atoms with Gasteiger partial charge in [0, 0.05) is 32.6 Å². The van der Waals surface area contributed by atoms with Crippen LogP contribution in [0.3, 0.4) is 0 Å². The summed E-state index contributed by atoms with van der Waals surface area (Å²) in [6.07, 6.45) is 2.77. The van der Waals surface area contributed by atoms with Crippen molar-refractivity contribution in [3.63, 3.8) is 0 Å². The van der Waals surface area contributed by atoms with Gasteiger partial charge in [0.2, 0.25) is 70.9 Å². The van der Waals surface area contributed by atoms with Gasteiger partial charge in [-0.3, -0.25) is 57.5 Å². The van der Waals surface area contributed by atoms with Crippen LogP contribution in [0.2, 0.25) is 0 Å². The fourth-order valence-electron chi connectivity index (χ4n) is 7.13. The Bertz CT molecular complexity index is 1690. The molecule has 4 fully saturated rings. The predicted octanol–water partition coefficient (Wildman–Crippen LogP) is -7.30. The second-order valence-electron chi connectivity index (χ2n) is 14.4. The number of hydrogen-bond donors (Lipinski definition) is 10. The third kappa shape index (κ3) is 13.6. The standard InChI is InChI=1S/C35H52N12O12/c48-23-7-9-36-24(49)19-44-34(59)35(8-3-5-21(35)33(58)46-10-1-2-11-46)45-32(57)22-6-4-12-47(22)31(56)20-43-30(55)18-42-29(54)17-41-28(53)16-40-27(52)15-39-26(51)14-38-25(50)13-37-23/h21-22H,1-20H2,(H,36,49)(H,37,48)(H,38,50)(H,39,51)(H,40,52)(H,41,53)(H,42,54)(H,43,55)(H,44,59)(H,45,57). The summed E-state index contributed by atoms with van der Waals surface area (Å²) in [4.78, 5) is 156. The van der Waals surface area contributed by atoms with Crippen LogP contribution in [0.1, 0.15) is 51.4 Å². The zero-order valence-corrected chi connectivity index (χ0v) is 32.6. The molecule has 3 unspecified atom stereocenters. The average Bonchev–Trinajstić information content (AvgIpc) is 4.02. The molecule has 12 amide bonds. The predicted molar refractivity (Wildman–Crippen MR) is 200 cm³/mol. The van der Waals surface area contributed by atoms with Gasteiger partial charge in [0.05, 0.1) is 58.3 Å². The average molecular weight is 833 g/mol. The van der Waals surface area contributed by atoms with Gasteiger partial charge in [0.25, 0.3) is 0 Å². The van der Waals surface area contributed by atoms with Crippen molar-refractivity contribution in [3.8, 4) is 0 Å². The lowest BCUT2D eigenvalue weighted by molar-refractivity contribution is -0.147. The summed E-state index contributed by atoms with van der Waals surface area (Å²) in [6.45, 7) is -3.35. The summed E-state index contributed by atoms with van der Waals surface area (Å²) in [6, 6.07) is -1.04. The Labute approximate surface area is 338 Å². The van der Waals surface area contributed by atoms with Crippen molar-refractivity contribution in [3.05, 3.63) is 0 Å². The van der Waals surface area contributed by atoms with Crippen molar-refractivity contribution in [2.45, 2.75) is 62.9 Å². The maximum absolute atomic E-state index is 14.0. The molecule has 3 heterocycles. The zero-order chi connectivity index (χ0) is 43.0. The van der Waals surface area contributed by atoms with Gasteiger partial charge < -0.3 is 63.0 Å². The maximum atomic E-state index is 14.0. The van der Waals surface area contributed by atoms with E-state index in [0.717, 1.165) is 12.8 Å². The summed E-state index contributed by atoms with van der Waals surface area (Å²) >= 11 is 0. The molecule has 1 spiro atoms. The van der Waals surface area contributed by atoms with Crippen LogP contribution in [0.4, 0.5) is 0 Å². The van der Waals surface area contributed by atoms with E-state index in [1.165, 1.54) is 4.90 Å². The molecule has 10 N–H and O–H groups in total. The van der Waals surface area contributed by atoms with Crippen LogP contribution in [-0.4, -0.2) is 171 Å². The van der Waals surface area contributed by atoms with E-state index in [0.29, 0.717) is 25.9 Å². The number of nitrogens with zero attached hydrogens (tertiary/aromatic N) is 2. The second-order valence-corrected chi connectivity index (χ2v) is 14.4. The molecule has 4 aliphatic rings. The number of carbonyl (C=O) groups is 12. The van der Waals surface area contributed by atoms with Crippen LogP contribution in [0.5, 0.6) is 0 Å². The van der Waals surface area contributed by atoms with Gasteiger partial charge in [-0.25, -0.2) is 0 Å². The zero-order valence-electron chi connectivity index (χ0n) is 32.6. The van der Waals surface area contributed by atoms with E-state index in [9.17, 15) is 57.5 Å². The number of hydrogen-bond acceptors (Lipinski definition) is 12. The third-order valence-electron chi connectivity index (χ3n) is 10.2. The fraction of sp³-hybridized carbons (Fsp3) is 0.657. The number of amides is 12. The molecule has 59 heavy (non-hydrogen) atoms. The summed E-state index contributed by atoms with van der Waals surface area (Å²) in [5.74, 6) is -9.14. The van der Waals surface area contributed by atoms with Gasteiger partial charge in [-0.2, -0.15) is 0 Å². The molecule has 324 valence electrons. The largest absolute Gasteiger partial charge is 0.354 e. The van der Waals surface area contributed by atoms with E-state index in [1.807, 2.05) is 0 Å². The summed E-state index contributed by atoms with van der Waals surface area (Å²) in [5, 5.41) is 23.7. The van der Waals surface area contributed by atoms with Gasteiger partial charge in [-0.05, 0) is 44.9 Å². The van der Waals surface area contributed by atoms with Crippen LogP contribution in [0.15, 0.2) is 0 Å². The van der Waals surface area contributed by atoms with Crippen molar-refractivity contribution in [2.24, 2.45) is 5.92 Å². The van der Waals surface area contributed by atoms with E-state index in [2.05, 4.69) is 53.2 Å². The Hall–Kier alpha value is -6.36. The highest BCUT2D eigenvalue weighted by Gasteiger charge is 2.55. The molecule has 0 radical (unpaired) electrons. The van der Waals surface area contributed by atoms with Gasteiger partial charge in [-0.15, -0.1) is 0 Å². The Balaban J connectivity index is 1.43. The normalized spacial score (nSPS) is 26.4. The fourth-order valence-corrected chi connectivity index (χ4v) is 7.13. The molecule has 0 bridgehead atoms. The number of carbonyl (C=O) groups excluding carboxylic acids is 12. The van der Waals surface area contributed by atoms with Gasteiger partial charge in [0.15, 0.2) is 0 Å². The lowest BCUT2D eigenvalue weighted by atomic mass is 9.84. The monoisotopic (exact) mass is 832 g/mol. The number of nitrogens with one attached hydrogen (secondary N) is 10. The smallest absolute Gasteiger partial charge is 0.247 e. The van der Waals surface area contributed by atoms with E-state index < -0.39 is 135 Å². The van der Waals surface area contributed by atoms with Crippen molar-refractivity contribution in [2.75, 3.05) is 78.5 Å². The van der Waals surface area contributed by atoms with Gasteiger partial charge >= 0.3 is 0 Å². The molecule has 24 heteroatoms. The molecular weight excluding hydrogens is 780 g/mol. The molecule has 4 rings (SSSR count). The second kappa shape index (κ2) is 22.0. The molecule has 3 atom stereocenters. The molecule has 0 aromatic carbocycles. The van der Waals surface area contributed by atoms with E-state index in [4.69, 9.17) is 0 Å². The van der Waals surface area contributed by atoms with Crippen LogP contribution in [0.25, 0.3) is 0 Å². The molecule has 3 saturated heterocycles. The number of likely N-dealkylation sites (tertiary alicyclic amines) is 1. The molecule has 1 saturated carbocycles. The number of rotatable bonds is 1. The molecule has 0 aromatic rings. The lowest BCUT2D eigenvalue weighted by Gasteiger charge is -2.37. The first-order valence-electron chi connectivity index (χ1n) is 19.5. The van der Waals surface area contributed by atoms with E-state index >= 15 is 0 Å². The van der Waals surface area contributed by atoms with Crippen LogP contribution in [-0.2, 0) is 57.5 Å². The highest BCUT2D eigenvalue weighted by molar-refractivity contribution is 6.01. The minimum Gasteiger partial charge on any atom is -0.354 e. The highest BCUT2D eigenvalue weighted by atomic mass is 16.2. The number of fused-ring (bicyclic) bond motifs is 1. The van der Waals surface area contributed by atoms with E-state index in [1.54, 1.807) is 4.90 Å². The first kappa shape index (κ1) is 45.3. The van der Waals surface area contributed by atoms with Crippen LogP contribution in [0, 0.1) is 5.92 Å². The van der Waals surface area contributed by atoms with Gasteiger partial charge in [0.1, 0.15) is 11.6 Å². The Morgan fingerprint density at radius 1 is 0.492 bits per heavy atom. The summed E-state index contributed by atoms with van der Waals surface area (Å²) in [5.41, 5.74) is -1.74. The van der Waals surface area contributed by atoms with Crippen molar-refractivity contribution in [1.29, 1.82) is 0 Å². The van der Waals surface area contributed by atoms with Crippen LogP contribution < -0.4 is 53.2 Å². The third-order valence-corrected chi connectivity index (χ3v) is 10.2. The Kier molecular flexibility index (Phi) is 16.9. The molecule has 3 aliphatic heterocycles. The van der Waals surface area contributed by atoms with Crippen molar-refractivity contribution in [1.82, 2.24) is 63.0 Å². The molecule has 24 nitrogen and oxygen atoms in total. The molecule has 1 aliphatic carbocycles. The minimum atomic E-state index is -1.74. The lowest BCUT2D eigenvalue weighted by Crippen LogP contribution is -2.66.